The van der Waals surface area contributed by atoms with Crippen molar-refractivity contribution in [3.05, 3.63) is 57.4 Å². The van der Waals surface area contributed by atoms with Crippen LogP contribution in [0.3, 0.4) is 0 Å². The van der Waals surface area contributed by atoms with Gasteiger partial charge in [-0.15, -0.1) is 0 Å². The molecule has 0 aliphatic carbocycles. The monoisotopic (exact) mass is 371 g/mol. The Labute approximate surface area is 126 Å². The van der Waals surface area contributed by atoms with Crippen molar-refractivity contribution in [3.8, 4) is 11.5 Å². The fourth-order valence-electron chi connectivity index (χ4n) is 1.68. The molecule has 0 fully saturated rings. The molecule has 0 aliphatic heterocycles. The lowest BCUT2D eigenvalue weighted by molar-refractivity contribution is 0.477. The van der Waals surface area contributed by atoms with Crippen molar-refractivity contribution in [1.29, 1.82) is 0 Å². The van der Waals surface area contributed by atoms with Gasteiger partial charge in [-0.2, -0.15) is 0 Å². The lowest BCUT2D eigenvalue weighted by Crippen LogP contribution is -2.10. The van der Waals surface area contributed by atoms with Crippen LogP contribution >= 0.6 is 22.6 Å². The molecule has 0 aliphatic rings. The highest BCUT2D eigenvalue weighted by molar-refractivity contribution is 14.1. The maximum absolute atomic E-state index is 12.8. The lowest BCUT2D eigenvalue weighted by Gasteiger charge is -2.09. The highest BCUT2D eigenvalue weighted by Gasteiger charge is 2.04. The fourth-order valence-corrected chi connectivity index (χ4v) is 2.37. The third kappa shape index (κ3) is 4.18. The van der Waals surface area contributed by atoms with E-state index in [0.717, 1.165) is 22.3 Å². The van der Waals surface area contributed by atoms with Gasteiger partial charge >= 0.3 is 0 Å². The van der Waals surface area contributed by atoms with E-state index in [2.05, 4.69) is 40.0 Å². The minimum Gasteiger partial charge on any atom is -0.456 e. The molecule has 2 rings (SSSR count). The Morgan fingerprint density at radius 1 is 1.16 bits per heavy atom. The van der Waals surface area contributed by atoms with Crippen molar-refractivity contribution in [2.75, 3.05) is 13.6 Å². The van der Waals surface area contributed by atoms with E-state index in [1.165, 1.54) is 17.7 Å². The second-order valence-electron chi connectivity index (χ2n) is 4.17. The van der Waals surface area contributed by atoms with Crippen LogP contribution in [0.2, 0.25) is 0 Å². The van der Waals surface area contributed by atoms with Crippen LogP contribution in [-0.2, 0) is 6.42 Å². The molecule has 0 heterocycles. The van der Waals surface area contributed by atoms with E-state index < -0.39 is 0 Å². The maximum Gasteiger partial charge on any atom is 0.140 e. The van der Waals surface area contributed by atoms with Crippen molar-refractivity contribution >= 4 is 22.6 Å². The van der Waals surface area contributed by atoms with Crippen molar-refractivity contribution < 1.29 is 9.13 Å². The highest BCUT2D eigenvalue weighted by Crippen LogP contribution is 2.27. The van der Waals surface area contributed by atoms with E-state index in [4.69, 9.17) is 4.74 Å². The van der Waals surface area contributed by atoms with Gasteiger partial charge < -0.3 is 10.1 Å². The minimum atomic E-state index is -0.260. The molecule has 0 amide bonds. The van der Waals surface area contributed by atoms with E-state index >= 15 is 0 Å². The predicted molar refractivity (Wildman–Crippen MR) is 83.3 cm³/mol. The molecule has 2 aromatic carbocycles. The Morgan fingerprint density at radius 2 is 1.89 bits per heavy atom. The number of ether oxygens (including phenoxy) is 1. The summed E-state index contributed by atoms with van der Waals surface area (Å²) in [6.07, 6.45) is 0.989. The first-order valence-electron chi connectivity index (χ1n) is 6.05. The minimum absolute atomic E-state index is 0.260. The normalized spacial score (nSPS) is 10.5. The summed E-state index contributed by atoms with van der Waals surface area (Å²) in [4.78, 5) is 0. The van der Waals surface area contributed by atoms with E-state index in [0.29, 0.717) is 5.75 Å². The zero-order valence-corrected chi connectivity index (χ0v) is 12.8. The van der Waals surface area contributed by atoms with Crippen LogP contribution in [0.25, 0.3) is 0 Å². The van der Waals surface area contributed by atoms with Gasteiger partial charge in [0.25, 0.3) is 0 Å². The second-order valence-corrected chi connectivity index (χ2v) is 5.34. The van der Waals surface area contributed by atoms with Gasteiger partial charge in [0.15, 0.2) is 0 Å². The van der Waals surface area contributed by atoms with Crippen LogP contribution in [-0.4, -0.2) is 13.6 Å². The van der Waals surface area contributed by atoms with E-state index in [9.17, 15) is 4.39 Å². The Kier molecular flexibility index (Phi) is 5.15. The molecule has 2 nitrogen and oxygen atoms in total. The third-order valence-electron chi connectivity index (χ3n) is 2.70. The van der Waals surface area contributed by atoms with Crippen LogP contribution in [0.15, 0.2) is 42.5 Å². The molecule has 0 bridgehead atoms. The Bertz CT molecular complexity index is 542. The van der Waals surface area contributed by atoms with Gasteiger partial charge in [0.1, 0.15) is 17.3 Å². The number of hydrogen-bond acceptors (Lipinski definition) is 2. The average molecular weight is 371 g/mol. The number of rotatable bonds is 5. The molecular formula is C15H15FINO. The van der Waals surface area contributed by atoms with Crippen molar-refractivity contribution in [2.45, 2.75) is 6.42 Å². The lowest BCUT2D eigenvalue weighted by atomic mass is 10.1. The predicted octanol–water partition coefficient (Wildman–Crippen LogP) is 3.98. The summed E-state index contributed by atoms with van der Waals surface area (Å²) < 4.78 is 19.6. The molecule has 4 heteroatoms. The molecule has 0 unspecified atom stereocenters. The smallest absolute Gasteiger partial charge is 0.140 e. The first-order valence-corrected chi connectivity index (χ1v) is 7.13. The molecule has 19 heavy (non-hydrogen) atoms. The first-order chi connectivity index (χ1) is 9.19. The van der Waals surface area contributed by atoms with E-state index in [-0.39, 0.29) is 5.82 Å². The molecule has 0 spiro atoms. The van der Waals surface area contributed by atoms with E-state index in [1.54, 1.807) is 12.1 Å². The molecule has 100 valence electrons. The molecule has 0 saturated carbocycles. The molecule has 2 aromatic rings. The van der Waals surface area contributed by atoms with Crippen molar-refractivity contribution in [3.63, 3.8) is 0 Å². The van der Waals surface area contributed by atoms with Gasteiger partial charge in [-0.3, -0.25) is 0 Å². The third-order valence-corrected chi connectivity index (χ3v) is 3.54. The largest absolute Gasteiger partial charge is 0.456 e. The Hall–Kier alpha value is -1.14. The highest BCUT2D eigenvalue weighted by atomic mass is 127. The number of benzene rings is 2. The summed E-state index contributed by atoms with van der Waals surface area (Å²) in [5.41, 5.74) is 1.27. The number of nitrogens with one attached hydrogen (secondary N) is 1. The zero-order chi connectivity index (χ0) is 13.7. The maximum atomic E-state index is 12.8. The van der Waals surface area contributed by atoms with E-state index in [1.807, 2.05) is 13.1 Å². The fraction of sp³-hybridized carbons (Fsp3) is 0.200. The zero-order valence-electron chi connectivity index (χ0n) is 10.6. The molecule has 0 radical (unpaired) electrons. The summed E-state index contributed by atoms with van der Waals surface area (Å²) in [7, 11) is 1.94. The SMILES string of the molecule is CNCCc1ccc(Oc2ccc(F)cc2)c(I)c1. The summed E-state index contributed by atoms with van der Waals surface area (Å²) in [6.45, 7) is 0.953. The molecule has 0 atom stereocenters. The summed E-state index contributed by atoms with van der Waals surface area (Å²) in [6, 6.07) is 12.2. The van der Waals surface area contributed by atoms with Crippen molar-refractivity contribution in [2.24, 2.45) is 0 Å². The Morgan fingerprint density at radius 3 is 2.53 bits per heavy atom. The van der Waals surface area contributed by atoms with Gasteiger partial charge in [0, 0.05) is 0 Å². The Balaban J connectivity index is 2.10. The number of hydrogen-bond donors (Lipinski definition) is 1. The van der Waals surface area contributed by atoms with Crippen LogP contribution in [0.4, 0.5) is 4.39 Å². The molecular weight excluding hydrogens is 356 g/mol. The number of likely N-dealkylation sites (N-methyl/N-ethyl adjacent to an activating group) is 1. The standard InChI is InChI=1S/C15H15FINO/c1-18-9-8-11-2-7-15(14(17)10-11)19-13-5-3-12(16)4-6-13/h2-7,10,18H,8-9H2,1H3. The van der Waals surface area contributed by atoms with Gasteiger partial charge in [-0.1, -0.05) is 6.07 Å². The molecule has 0 aromatic heterocycles. The quantitative estimate of drug-likeness (QED) is 0.803. The summed E-state index contributed by atoms with van der Waals surface area (Å²) in [5, 5.41) is 3.13. The average Bonchev–Trinajstić information content (AvgIpc) is 2.41. The second kappa shape index (κ2) is 6.86. The summed E-state index contributed by atoms with van der Waals surface area (Å²) >= 11 is 2.25. The van der Waals surface area contributed by atoms with Gasteiger partial charge in [-0.25, -0.2) is 4.39 Å². The van der Waals surface area contributed by atoms with Crippen LogP contribution < -0.4 is 10.1 Å². The molecule has 0 saturated heterocycles. The number of halogens is 2. The molecule has 1 N–H and O–H groups in total. The van der Waals surface area contributed by atoms with Gasteiger partial charge in [0.05, 0.1) is 3.57 Å². The van der Waals surface area contributed by atoms with Crippen LogP contribution in [0.5, 0.6) is 11.5 Å². The van der Waals surface area contributed by atoms with Crippen LogP contribution in [0, 0.1) is 9.39 Å². The van der Waals surface area contributed by atoms with Gasteiger partial charge in [-0.05, 0) is 84.6 Å². The van der Waals surface area contributed by atoms with Crippen LogP contribution in [0.1, 0.15) is 5.56 Å². The van der Waals surface area contributed by atoms with Crippen molar-refractivity contribution in [1.82, 2.24) is 5.32 Å². The first kappa shape index (κ1) is 14.3. The topological polar surface area (TPSA) is 21.3 Å². The summed E-state index contributed by atoms with van der Waals surface area (Å²) in [5.74, 6) is 1.17. The van der Waals surface area contributed by atoms with Gasteiger partial charge in [0.2, 0.25) is 0 Å².